The van der Waals surface area contributed by atoms with Crippen LogP contribution in [0.15, 0.2) is 28.7 Å². The fourth-order valence-corrected chi connectivity index (χ4v) is 4.85. The summed E-state index contributed by atoms with van der Waals surface area (Å²) in [5.41, 5.74) is 1.88. The van der Waals surface area contributed by atoms with Crippen LogP contribution in [-0.4, -0.2) is 38.4 Å². The van der Waals surface area contributed by atoms with Gasteiger partial charge < -0.3 is 15.4 Å². The van der Waals surface area contributed by atoms with Crippen molar-refractivity contribution in [2.45, 2.75) is 49.6 Å². The first-order valence-corrected chi connectivity index (χ1v) is 9.87. The summed E-state index contributed by atoms with van der Waals surface area (Å²) in [5, 5.41) is 7.61. The van der Waals surface area contributed by atoms with Crippen molar-refractivity contribution in [2.75, 3.05) is 26.3 Å². The lowest BCUT2D eigenvalue weighted by Crippen LogP contribution is -2.51. The minimum atomic E-state index is 0. The van der Waals surface area contributed by atoms with Crippen LogP contribution in [0.3, 0.4) is 0 Å². The van der Waals surface area contributed by atoms with E-state index >= 15 is 0 Å². The molecule has 1 heterocycles. The molecule has 3 fully saturated rings. The molecule has 3 aliphatic rings. The second-order valence-electron chi connectivity index (χ2n) is 7.51. The molecule has 3 unspecified atom stereocenters. The summed E-state index contributed by atoms with van der Waals surface area (Å²) in [4.78, 5) is 0. The fourth-order valence-electron chi connectivity index (χ4n) is 4.45. The molecule has 2 aliphatic carbocycles. The van der Waals surface area contributed by atoms with Gasteiger partial charge in [-0.05, 0) is 49.3 Å². The lowest BCUT2D eigenvalue weighted by molar-refractivity contribution is 0.0524. The molecule has 0 radical (unpaired) electrons. The van der Waals surface area contributed by atoms with E-state index in [2.05, 4.69) is 50.8 Å². The predicted molar refractivity (Wildman–Crippen MR) is 104 cm³/mol. The third kappa shape index (κ3) is 3.99. The van der Waals surface area contributed by atoms with Crippen LogP contribution < -0.4 is 10.6 Å². The van der Waals surface area contributed by atoms with Crippen LogP contribution in [0.4, 0.5) is 0 Å². The number of rotatable bonds is 5. The van der Waals surface area contributed by atoms with Gasteiger partial charge in [-0.3, -0.25) is 0 Å². The van der Waals surface area contributed by atoms with E-state index in [0.717, 1.165) is 32.2 Å². The molecule has 0 aromatic heterocycles. The smallest absolute Gasteiger partial charge is 0.0623 e. The molecule has 3 nitrogen and oxygen atoms in total. The largest absolute Gasteiger partial charge is 0.379 e. The highest BCUT2D eigenvalue weighted by atomic mass is 79.9. The Kier molecular flexibility index (Phi) is 6.25. The van der Waals surface area contributed by atoms with E-state index in [1.165, 1.54) is 42.1 Å². The average Bonchev–Trinajstić information content (AvgIpc) is 3.24. The van der Waals surface area contributed by atoms with Crippen molar-refractivity contribution in [2.24, 2.45) is 5.92 Å². The van der Waals surface area contributed by atoms with Crippen LogP contribution in [0.2, 0.25) is 0 Å². The standard InChI is InChI=1S/C19H27BrN2O.ClH/c20-15-4-1-3-14(11-15)19(7-8-19)13-22-17-6-2-5-16(17)18-12-23-10-9-21-18;/h1,3-4,11,16-18,21-22H,2,5-10,12-13H2;1H. The molecule has 0 amide bonds. The molecule has 1 aliphatic heterocycles. The van der Waals surface area contributed by atoms with Crippen molar-refractivity contribution in [1.82, 2.24) is 10.6 Å². The average molecular weight is 416 g/mol. The minimum absolute atomic E-state index is 0. The van der Waals surface area contributed by atoms with Crippen LogP contribution in [-0.2, 0) is 10.2 Å². The lowest BCUT2D eigenvalue weighted by Gasteiger charge is -2.33. The number of hydrogen-bond donors (Lipinski definition) is 2. The van der Waals surface area contributed by atoms with Gasteiger partial charge in [-0.2, -0.15) is 0 Å². The number of nitrogens with one attached hydrogen (secondary N) is 2. The van der Waals surface area contributed by atoms with Gasteiger partial charge in [0.25, 0.3) is 0 Å². The summed E-state index contributed by atoms with van der Waals surface area (Å²) in [7, 11) is 0. The summed E-state index contributed by atoms with van der Waals surface area (Å²) in [6.45, 7) is 3.89. The molecule has 1 aromatic rings. The minimum Gasteiger partial charge on any atom is -0.379 e. The van der Waals surface area contributed by atoms with E-state index in [-0.39, 0.29) is 12.4 Å². The first kappa shape index (κ1) is 18.7. The normalized spacial score (nSPS) is 31.5. The molecule has 0 bridgehead atoms. The van der Waals surface area contributed by atoms with Gasteiger partial charge in [0, 0.05) is 35.1 Å². The van der Waals surface area contributed by atoms with E-state index in [1.807, 2.05) is 0 Å². The zero-order chi connectivity index (χ0) is 15.7. The second kappa shape index (κ2) is 8.05. The monoisotopic (exact) mass is 414 g/mol. The van der Waals surface area contributed by atoms with E-state index < -0.39 is 0 Å². The van der Waals surface area contributed by atoms with Crippen LogP contribution >= 0.6 is 28.3 Å². The van der Waals surface area contributed by atoms with Crippen LogP contribution in [0, 0.1) is 5.92 Å². The maximum Gasteiger partial charge on any atom is 0.0623 e. The zero-order valence-electron chi connectivity index (χ0n) is 14.1. The molecule has 5 heteroatoms. The Labute approximate surface area is 159 Å². The Morgan fingerprint density at radius 2 is 2.17 bits per heavy atom. The van der Waals surface area contributed by atoms with Gasteiger partial charge >= 0.3 is 0 Å². The molecular formula is C19H28BrClN2O. The van der Waals surface area contributed by atoms with Crippen molar-refractivity contribution in [1.29, 1.82) is 0 Å². The van der Waals surface area contributed by atoms with Gasteiger partial charge in [0.2, 0.25) is 0 Å². The van der Waals surface area contributed by atoms with Gasteiger partial charge in [-0.25, -0.2) is 0 Å². The number of halogens is 2. The topological polar surface area (TPSA) is 33.3 Å². The van der Waals surface area contributed by atoms with Crippen LogP contribution in [0.25, 0.3) is 0 Å². The van der Waals surface area contributed by atoms with E-state index in [9.17, 15) is 0 Å². The Morgan fingerprint density at radius 1 is 1.29 bits per heavy atom. The fraction of sp³-hybridized carbons (Fsp3) is 0.684. The third-order valence-corrected chi connectivity index (χ3v) is 6.52. The predicted octanol–water partition coefficient (Wildman–Crippen LogP) is 3.65. The molecular weight excluding hydrogens is 388 g/mol. The summed E-state index contributed by atoms with van der Waals surface area (Å²) in [6, 6.07) is 10.1. The quantitative estimate of drug-likeness (QED) is 0.770. The molecule has 3 atom stereocenters. The molecule has 1 saturated heterocycles. The lowest BCUT2D eigenvalue weighted by atomic mass is 9.92. The van der Waals surface area contributed by atoms with Gasteiger partial charge in [0.15, 0.2) is 0 Å². The highest BCUT2D eigenvalue weighted by molar-refractivity contribution is 9.10. The SMILES string of the molecule is Brc1cccc(C2(CNC3CCCC3C3COCCN3)CC2)c1.Cl. The Balaban J connectivity index is 0.00000169. The summed E-state index contributed by atoms with van der Waals surface area (Å²) < 4.78 is 6.89. The molecule has 134 valence electrons. The molecule has 4 rings (SSSR count). The first-order chi connectivity index (χ1) is 11.3. The van der Waals surface area contributed by atoms with E-state index in [4.69, 9.17) is 4.74 Å². The summed E-state index contributed by atoms with van der Waals surface area (Å²) in [6.07, 6.45) is 6.64. The number of benzene rings is 1. The number of hydrogen-bond acceptors (Lipinski definition) is 3. The molecule has 1 aromatic carbocycles. The van der Waals surface area contributed by atoms with Crippen LogP contribution in [0.5, 0.6) is 0 Å². The van der Waals surface area contributed by atoms with Crippen molar-refractivity contribution in [3.63, 3.8) is 0 Å². The van der Waals surface area contributed by atoms with Gasteiger partial charge in [-0.15, -0.1) is 12.4 Å². The van der Waals surface area contributed by atoms with E-state index in [0.29, 0.717) is 17.5 Å². The highest BCUT2D eigenvalue weighted by Crippen LogP contribution is 2.48. The highest BCUT2D eigenvalue weighted by Gasteiger charge is 2.45. The first-order valence-electron chi connectivity index (χ1n) is 9.07. The molecule has 24 heavy (non-hydrogen) atoms. The summed E-state index contributed by atoms with van der Waals surface area (Å²) in [5.74, 6) is 0.730. The molecule has 2 N–H and O–H groups in total. The van der Waals surface area contributed by atoms with Gasteiger partial charge in [0.1, 0.15) is 0 Å². The number of ether oxygens (including phenoxy) is 1. The Bertz CT molecular complexity index is 546. The zero-order valence-corrected chi connectivity index (χ0v) is 16.5. The third-order valence-electron chi connectivity index (χ3n) is 6.03. The van der Waals surface area contributed by atoms with Crippen molar-refractivity contribution < 1.29 is 4.74 Å². The Morgan fingerprint density at radius 3 is 2.88 bits per heavy atom. The Hall–Kier alpha value is -0.130. The maximum absolute atomic E-state index is 5.69. The summed E-state index contributed by atoms with van der Waals surface area (Å²) >= 11 is 3.62. The van der Waals surface area contributed by atoms with Crippen molar-refractivity contribution in [3.05, 3.63) is 34.3 Å². The van der Waals surface area contributed by atoms with Crippen molar-refractivity contribution >= 4 is 28.3 Å². The molecule has 2 saturated carbocycles. The number of morpholine rings is 1. The second-order valence-corrected chi connectivity index (χ2v) is 8.42. The van der Waals surface area contributed by atoms with Gasteiger partial charge in [-0.1, -0.05) is 34.5 Å². The molecule has 0 spiro atoms. The van der Waals surface area contributed by atoms with Crippen LogP contribution in [0.1, 0.15) is 37.7 Å². The maximum atomic E-state index is 5.69. The van der Waals surface area contributed by atoms with Gasteiger partial charge in [0.05, 0.1) is 13.2 Å². The van der Waals surface area contributed by atoms with E-state index in [1.54, 1.807) is 0 Å². The van der Waals surface area contributed by atoms with Crippen molar-refractivity contribution in [3.8, 4) is 0 Å².